The van der Waals surface area contributed by atoms with Crippen LogP contribution in [0.3, 0.4) is 0 Å². The third kappa shape index (κ3) is 0.565. The number of ether oxygens (including phenoxy) is 1. The average Bonchev–Trinajstić information content (AvgIpc) is 2.10. The van der Waals surface area contributed by atoms with Crippen molar-refractivity contribution in [2.45, 2.75) is 32.0 Å². The van der Waals surface area contributed by atoms with Crippen LogP contribution in [0.25, 0.3) is 0 Å². The van der Waals surface area contributed by atoms with E-state index in [0.29, 0.717) is 0 Å². The zero-order valence-corrected chi connectivity index (χ0v) is 5.56. The summed E-state index contributed by atoms with van der Waals surface area (Å²) in [6, 6.07) is 0. The zero-order valence-electron chi connectivity index (χ0n) is 5.56. The SMILES string of the molecule is CC1(C)OC1(C)CO. The first-order chi connectivity index (χ1) is 3.52. The Morgan fingerprint density at radius 1 is 1.38 bits per heavy atom. The maximum absolute atomic E-state index is 8.68. The summed E-state index contributed by atoms with van der Waals surface area (Å²) in [6.07, 6.45) is 0. The lowest BCUT2D eigenvalue weighted by molar-refractivity contribution is 0.183. The fourth-order valence-electron chi connectivity index (χ4n) is 0.760. The summed E-state index contributed by atoms with van der Waals surface area (Å²) in [6.45, 7) is 5.99. The molecule has 48 valence electrons. The van der Waals surface area contributed by atoms with Gasteiger partial charge in [-0.2, -0.15) is 0 Å². The molecule has 2 nitrogen and oxygen atoms in total. The molecule has 0 aliphatic carbocycles. The third-order valence-corrected chi connectivity index (χ3v) is 2.01. The Bertz CT molecular complexity index is 109. The molecule has 1 atom stereocenters. The summed E-state index contributed by atoms with van der Waals surface area (Å²) in [4.78, 5) is 0. The topological polar surface area (TPSA) is 32.8 Å². The summed E-state index contributed by atoms with van der Waals surface area (Å²) in [5.41, 5.74) is -0.352. The fourth-order valence-corrected chi connectivity index (χ4v) is 0.760. The molecule has 1 aliphatic rings. The minimum Gasteiger partial charge on any atom is -0.393 e. The molecule has 0 spiro atoms. The highest BCUT2D eigenvalue weighted by Crippen LogP contribution is 2.46. The molecule has 1 rings (SSSR count). The monoisotopic (exact) mass is 116 g/mol. The molecule has 0 amide bonds. The van der Waals surface area contributed by atoms with Crippen LogP contribution in [0, 0.1) is 0 Å². The lowest BCUT2D eigenvalue weighted by atomic mass is 10.00. The van der Waals surface area contributed by atoms with Gasteiger partial charge in [0.15, 0.2) is 0 Å². The fraction of sp³-hybridized carbons (Fsp3) is 1.00. The van der Waals surface area contributed by atoms with Crippen LogP contribution in [-0.4, -0.2) is 22.9 Å². The second-order valence-corrected chi connectivity index (χ2v) is 3.00. The Hall–Kier alpha value is -0.0800. The van der Waals surface area contributed by atoms with Gasteiger partial charge in [0.1, 0.15) is 5.60 Å². The van der Waals surface area contributed by atoms with E-state index in [4.69, 9.17) is 9.84 Å². The lowest BCUT2D eigenvalue weighted by Crippen LogP contribution is -2.20. The molecule has 1 unspecified atom stereocenters. The highest BCUT2D eigenvalue weighted by atomic mass is 16.6. The van der Waals surface area contributed by atoms with E-state index in [1.165, 1.54) is 0 Å². The van der Waals surface area contributed by atoms with Crippen molar-refractivity contribution in [1.29, 1.82) is 0 Å². The van der Waals surface area contributed by atoms with Gasteiger partial charge < -0.3 is 9.84 Å². The van der Waals surface area contributed by atoms with Crippen molar-refractivity contribution in [3.63, 3.8) is 0 Å². The van der Waals surface area contributed by atoms with E-state index < -0.39 is 0 Å². The highest BCUT2D eigenvalue weighted by molar-refractivity contribution is 5.06. The van der Waals surface area contributed by atoms with Crippen molar-refractivity contribution < 1.29 is 9.84 Å². The molecule has 2 heteroatoms. The Morgan fingerprint density at radius 3 is 1.75 bits per heavy atom. The van der Waals surface area contributed by atoms with Gasteiger partial charge in [0.25, 0.3) is 0 Å². The van der Waals surface area contributed by atoms with Crippen molar-refractivity contribution in [2.24, 2.45) is 0 Å². The standard InChI is InChI=1S/C6H12O2/c1-5(2)6(3,4-7)8-5/h7H,4H2,1-3H3. The van der Waals surface area contributed by atoms with Crippen LogP contribution >= 0.6 is 0 Å². The van der Waals surface area contributed by atoms with Crippen LogP contribution in [-0.2, 0) is 4.74 Å². The number of hydrogen-bond acceptors (Lipinski definition) is 2. The zero-order chi connectivity index (χ0) is 6.41. The summed E-state index contributed by atoms with van der Waals surface area (Å²) >= 11 is 0. The number of aliphatic hydroxyl groups excluding tert-OH is 1. The van der Waals surface area contributed by atoms with Gasteiger partial charge in [-0.1, -0.05) is 0 Å². The summed E-state index contributed by atoms with van der Waals surface area (Å²) in [5, 5.41) is 8.68. The van der Waals surface area contributed by atoms with Gasteiger partial charge in [0.2, 0.25) is 0 Å². The predicted molar refractivity (Wildman–Crippen MR) is 30.7 cm³/mol. The molecule has 1 aliphatic heterocycles. The first-order valence-electron chi connectivity index (χ1n) is 2.83. The quantitative estimate of drug-likeness (QED) is 0.507. The largest absolute Gasteiger partial charge is 0.393 e. The molecule has 0 bridgehead atoms. The molecule has 0 saturated carbocycles. The Morgan fingerprint density at radius 2 is 1.75 bits per heavy atom. The van der Waals surface area contributed by atoms with Gasteiger partial charge >= 0.3 is 0 Å². The predicted octanol–water partition coefficient (Wildman–Crippen LogP) is 0.546. The van der Waals surface area contributed by atoms with Gasteiger partial charge in [-0.15, -0.1) is 0 Å². The summed E-state index contributed by atoms with van der Waals surface area (Å²) in [5.74, 6) is 0. The Kier molecular flexibility index (Phi) is 0.946. The van der Waals surface area contributed by atoms with Crippen molar-refractivity contribution in [2.75, 3.05) is 6.61 Å². The van der Waals surface area contributed by atoms with Gasteiger partial charge in [-0.25, -0.2) is 0 Å². The molecule has 1 heterocycles. The molecule has 8 heavy (non-hydrogen) atoms. The molecular formula is C6H12O2. The van der Waals surface area contributed by atoms with Gasteiger partial charge in [0.05, 0.1) is 12.2 Å². The second kappa shape index (κ2) is 1.25. The van der Waals surface area contributed by atoms with Gasteiger partial charge in [0, 0.05) is 0 Å². The van der Waals surface area contributed by atoms with Crippen molar-refractivity contribution in [1.82, 2.24) is 0 Å². The molecule has 1 fully saturated rings. The number of rotatable bonds is 1. The average molecular weight is 116 g/mol. The second-order valence-electron chi connectivity index (χ2n) is 3.00. The van der Waals surface area contributed by atoms with Crippen molar-refractivity contribution in [3.8, 4) is 0 Å². The van der Waals surface area contributed by atoms with Gasteiger partial charge in [-0.3, -0.25) is 0 Å². The molecule has 1 N–H and O–H groups in total. The minimum atomic E-state index is -0.257. The highest BCUT2D eigenvalue weighted by Gasteiger charge is 2.59. The van der Waals surface area contributed by atoms with Crippen molar-refractivity contribution in [3.05, 3.63) is 0 Å². The third-order valence-electron chi connectivity index (χ3n) is 2.01. The van der Waals surface area contributed by atoms with Gasteiger partial charge in [-0.05, 0) is 20.8 Å². The number of epoxide rings is 1. The summed E-state index contributed by atoms with van der Waals surface area (Å²) < 4.78 is 5.19. The normalized spacial score (nSPS) is 42.0. The van der Waals surface area contributed by atoms with Crippen LogP contribution < -0.4 is 0 Å². The lowest BCUT2D eigenvalue weighted by Gasteiger charge is -2.00. The van der Waals surface area contributed by atoms with Crippen LogP contribution in [0.2, 0.25) is 0 Å². The van der Waals surface area contributed by atoms with Crippen LogP contribution in [0.1, 0.15) is 20.8 Å². The molecule has 0 aromatic carbocycles. The minimum absolute atomic E-state index is 0.0955. The maximum atomic E-state index is 8.68. The molecule has 0 radical (unpaired) electrons. The smallest absolute Gasteiger partial charge is 0.117 e. The van der Waals surface area contributed by atoms with E-state index >= 15 is 0 Å². The van der Waals surface area contributed by atoms with E-state index in [0.717, 1.165) is 0 Å². The first-order valence-corrected chi connectivity index (χ1v) is 2.83. The van der Waals surface area contributed by atoms with E-state index in [1.54, 1.807) is 0 Å². The molecule has 1 saturated heterocycles. The Balaban J connectivity index is 2.55. The molecular weight excluding hydrogens is 104 g/mol. The van der Waals surface area contributed by atoms with Crippen LogP contribution in [0.4, 0.5) is 0 Å². The molecule has 0 aromatic heterocycles. The van der Waals surface area contributed by atoms with E-state index in [2.05, 4.69) is 0 Å². The van der Waals surface area contributed by atoms with E-state index in [-0.39, 0.29) is 17.8 Å². The maximum Gasteiger partial charge on any atom is 0.117 e. The van der Waals surface area contributed by atoms with Crippen molar-refractivity contribution >= 4 is 0 Å². The Labute approximate surface area is 49.5 Å². The van der Waals surface area contributed by atoms with Crippen LogP contribution in [0.5, 0.6) is 0 Å². The first kappa shape index (κ1) is 6.05. The molecule has 0 aromatic rings. The van der Waals surface area contributed by atoms with Crippen LogP contribution in [0.15, 0.2) is 0 Å². The van der Waals surface area contributed by atoms with E-state index in [1.807, 2.05) is 20.8 Å². The number of hydrogen-bond donors (Lipinski definition) is 1. The van der Waals surface area contributed by atoms with E-state index in [9.17, 15) is 0 Å². The number of aliphatic hydroxyl groups is 1. The summed E-state index contributed by atoms with van der Waals surface area (Å²) in [7, 11) is 0.